The van der Waals surface area contributed by atoms with Crippen LogP contribution in [0.5, 0.6) is 5.75 Å². The molecule has 7 heteroatoms. The van der Waals surface area contributed by atoms with Gasteiger partial charge < -0.3 is 22.4 Å². The van der Waals surface area contributed by atoms with Crippen molar-refractivity contribution in [2.45, 2.75) is 0 Å². The molecule has 0 radical (unpaired) electrons. The average molecular weight is 274 g/mol. The van der Waals surface area contributed by atoms with Gasteiger partial charge in [-0.25, -0.2) is 0 Å². The predicted octanol–water partition coefficient (Wildman–Crippen LogP) is 1.45. The van der Waals surface area contributed by atoms with E-state index in [0.29, 0.717) is 19.8 Å². The minimum Gasteiger partial charge on any atom is -0.495 e. The molecule has 1 fully saturated rings. The number of ether oxygens (including phenoxy) is 2. The lowest BCUT2D eigenvalue weighted by Crippen LogP contribution is -2.39. The Labute approximate surface area is 110 Å². The molecule has 0 spiro atoms. The summed E-state index contributed by atoms with van der Waals surface area (Å²) in [6.07, 6.45) is 0. The highest BCUT2D eigenvalue weighted by Crippen LogP contribution is 2.17. The number of benzene rings is 1. The summed E-state index contributed by atoms with van der Waals surface area (Å²) in [5, 5.41) is 0. The van der Waals surface area contributed by atoms with Crippen LogP contribution in [-0.4, -0.2) is 51.3 Å². The van der Waals surface area contributed by atoms with Crippen molar-refractivity contribution in [3.63, 3.8) is 0 Å². The highest BCUT2D eigenvalue weighted by atomic mass is 19.4. The fourth-order valence-corrected chi connectivity index (χ4v) is 1.99. The van der Waals surface area contributed by atoms with Gasteiger partial charge in [-0.1, -0.05) is 23.7 Å². The van der Waals surface area contributed by atoms with Gasteiger partial charge in [0, 0.05) is 19.6 Å². The van der Waals surface area contributed by atoms with Gasteiger partial charge in [0.15, 0.2) is 0 Å². The van der Waals surface area contributed by atoms with E-state index in [4.69, 9.17) is 9.47 Å². The summed E-state index contributed by atoms with van der Waals surface area (Å²) >= 11 is 0. The Balaban J connectivity index is 1.88. The molecule has 0 bridgehead atoms. The van der Waals surface area contributed by atoms with E-state index < -0.39 is 12.4 Å². The summed E-state index contributed by atoms with van der Waals surface area (Å²) in [5.74, 6) is -0.0803. The van der Waals surface area contributed by atoms with E-state index in [1.807, 2.05) is 0 Å². The molecular formula is C12H16BF3NO2-. The lowest BCUT2D eigenvalue weighted by atomic mass is 9.79. The van der Waals surface area contributed by atoms with Gasteiger partial charge in [-0.2, -0.15) is 0 Å². The molecule has 1 heterocycles. The highest BCUT2D eigenvalue weighted by molar-refractivity contribution is 6.74. The van der Waals surface area contributed by atoms with E-state index in [1.54, 1.807) is 6.07 Å². The first-order valence-corrected chi connectivity index (χ1v) is 6.29. The molecule has 0 aliphatic carbocycles. The maximum atomic E-state index is 12.8. The van der Waals surface area contributed by atoms with Gasteiger partial charge in [-0.05, 0) is 6.07 Å². The maximum Gasteiger partial charge on any atom is 0.513 e. The minimum absolute atomic E-state index is 0.0803. The van der Waals surface area contributed by atoms with Gasteiger partial charge in [0.25, 0.3) is 0 Å². The third-order valence-electron chi connectivity index (χ3n) is 3.04. The van der Waals surface area contributed by atoms with E-state index in [2.05, 4.69) is 4.90 Å². The first kappa shape index (κ1) is 14.2. The summed E-state index contributed by atoms with van der Waals surface area (Å²) in [6, 6.07) is 5.35. The van der Waals surface area contributed by atoms with Gasteiger partial charge in [-0.3, -0.25) is 4.90 Å². The summed E-state index contributed by atoms with van der Waals surface area (Å²) in [4.78, 5) is 2.12. The Morgan fingerprint density at radius 3 is 2.53 bits per heavy atom. The van der Waals surface area contributed by atoms with Crippen molar-refractivity contribution in [2.24, 2.45) is 0 Å². The van der Waals surface area contributed by atoms with Crippen molar-refractivity contribution in [2.75, 3.05) is 39.5 Å². The Bertz CT molecular complexity index is 408. The third kappa shape index (κ3) is 4.14. The van der Waals surface area contributed by atoms with Crippen molar-refractivity contribution < 1.29 is 22.4 Å². The van der Waals surface area contributed by atoms with E-state index >= 15 is 0 Å². The Hall–Kier alpha value is -1.21. The topological polar surface area (TPSA) is 21.7 Å². The molecule has 0 N–H and O–H groups in total. The lowest BCUT2D eigenvalue weighted by Gasteiger charge is -2.27. The highest BCUT2D eigenvalue weighted by Gasteiger charge is 2.28. The van der Waals surface area contributed by atoms with Gasteiger partial charge in [0.2, 0.25) is 0 Å². The van der Waals surface area contributed by atoms with Crippen molar-refractivity contribution in [1.29, 1.82) is 0 Å². The number of hydrogen-bond donors (Lipinski definition) is 0. The van der Waals surface area contributed by atoms with E-state index in [9.17, 15) is 12.9 Å². The van der Waals surface area contributed by atoms with Crippen LogP contribution in [-0.2, 0) is 4.74 Å². The van der Waals surface area contributed by atoms with Crippen LogP contribution in [0.15, 0.2) is 24.3 Å². The zero-order valence-electron chi connectivity index (χ0n) is 10.5. The Morgan fingerprint density at radius 1 is 1.16 bits per heavy atom. The molecule has 2 rings (SSSR count). The van der Waals surface area contributed by atoms with Crippen LogP contribution in [0, 0.1) is 0 Å². The molecular weight excluding hydrogens is 258 g/mol. The average Bonchev–Trinajstić information content (AvgIpc) is 2.39. The molecule has 0 aromatic heterocycles. The molecule has 1 aliphatic rings. The second kappa shape index (κ2) is 6.30. The normalized spacial score (nSPS) is 17.4. The summed E-state index contributed by atoms with van der Waals surface area (Å²) in [6.45, 7) is -1.23. The van der Waals surface area contributed by atoms with Gasteiger partial charge in [0.05, 0.1) is 19.0 Å². The molecule has 0 atom stereocenters. The zero-order chi connectivity index (χ0) is 13.7. The van der Waals surface area contributed by atoms with E-state index in [0.717, 1.165) is 19.2 Å². The van der Waals surface area contributed by atoms with E-state index in [-0.39, 0.29) is 12.4 Å². The fourth-order valence-electron chi connectivity index (χ4n) is 1.99. The standard InChI is InChI=1S/C12H16BF3NO2/c14-13(15,16)11-3-1-2-4-12(11)19-10-7-17-5-8-18-9-6-17/h1-4H,5-10H2/q-1. The van der Waals surface area contributed by atoms with Gasteiger partial charge in [-0.15, -0.1) is 0 Å². The van der Waals surface area contributed by atoms with Crippen LogP contribution in [0.1, 0.15) is 0 Å². The monoisotopic (exact) mass is 274 g/mol. The Kier molecular flexibility index (Phi) is 4.71. The molecule has 0 unspecified atom stereocenters. The quantitative estimate of drug-likeness (QED) is 0.759. The summed E-state index contributed by atoms with van der Waals surface area (Å²) < 4.78 is 48.8. The van der Waals surface area contributed by atoms with Crippen molar-refractivity contribution in [1.82, 2.24) is 4.90 Å². The predicted molar refractivity (Wildman–Crippen MR) is 67.9 cm³/mol. The van der Waals surface area contributed by atoms with E-state index in [1.165, 1.54) is 12.1 Å². The fraction of sp³-hybridized carbons (Fsp3) is 0.500. The molecule has 19 heavy (non-hydrogen) atoms. The van der Waals surface area contributed by atoms with Crippen LogP contribution in [0.3, 0.4) is 0 Å². The smallest absolute Gasteiger partial charge is 0.495 e. The van der Waals surface area contributed by atoms with Crippen molar-refractivity contribution in [3.8, 4) is 5.75 Å². The van der Waals surface area contributed by atoms with Crippen LogP contribution in [0.4, 0.5) is 12.9 Å². The molecule has 0 amide bonds. The first-order valence-electron chi connectivity index (χ1n) is 6.29. The number of nitrogens with zero attached hydrogens (tertiary/aromatic N) is 1. The second-order valence-electron chi connectivity index (χ2n) is 4.42. The van der Waals surface area contributed by atoms with Gasteiger partial charge >= 0.3 is 6.98 Å². The number of halogens is 3. The van der Waals surface area contributed by atoms with Crippen molar-refractivity contribution >= 4 is 12.4 Å². The lowest BCUT2D eigenvalue weighted by molar-refractivity contribution is 0.0323. The SMILES string of the molecule is F[B-](F)(F)c1ccccc1OCCN1CCOCC1. The Morgan fingerprint density at radius 2 is 1.84 bits per heavy atom. The third-order valence-corrected chi connectivity index (χ3v) is 3.04. The van der Waals surface area contributed by atoms with Crippen molar-refractivity contribution in [3.05, 3.63) is 24.3 Å². The summed E-state index contributed by atoms with van der Waals surface area (Å²) in [5.41, 5.74) is -0.663. The molecule has 1 saturated heterocycles. The molecule has 1 aromatic carbocycles. The number of para-hydroxylation sites is 1. The zero-order valence-corrected chi connectivity index (χ0v) is 10.5. The van der Waals surface area contributed by atoms with Crippen LogP contribution < -0.4 is 10.2 Å². The van der Waals surface area contributed by atoms with Crippen LogP contribution in [0.2, 0.25) is 0 Å². The maximum absolute atomic E-state index is 12.8. The van der Waals surface area contributed by atoms with Crippen LogP contribution in [0.25, 0.3) is 0 Å². The molecule has 1 aliphatic heterocycles. The molecule has 3 nitrogen and oxygen atoms in total. The largest absolute Gasteiger partial charge is 0.513 e. The minimum atomic E-state index is -5.03. The second-order valence-corrected chi connectivity index (χ2v) is 4.42. The molecule has 0 saturated carbocycles. The summed E-state index contributed by atoms with van der Waals surface area (Å²) in [7, 11) is 0. The molecule has 1 aromatic rings. The first-order chi connectivity index (χ1) is 9.07. The number of rotatable bonds is 5. The number of hydrogen-bond acceptors (Lipinski definition) is 3. The molecule has 106 valence electrons. The number of morpholine rings is 1. The van der Waals surface area contributed by atoms with Gasteiger partial charge in [0.1, 0.15) is 6.61 Å². The van der Waals surface area contributed by atoms with Crippen LogP contribution >= 0.6 is 0 Å².